The Hall–Kier alpha value is -6.74. The highest BCUT2D eigenvalue weighted by atomic mass is 28.3. The fourth-order valence-electron chi connectivity index (χ4n) is 11.3. The standard InChI is InChI=1S/C62H60N2O2Si2/c1-60(2,3)49-37-35-43(39-47(49)45-27-22-31-53-57(45)63-59-64(53)52-30-17-18-32-54(52)66-59)68(41-23-13-11-14-24-41,42-25-15-12-16-26-42)44-36-38-50(61(4,5)6)48(40-44)46-28-21-29-51-58(46)65-55-33-19-20-34-56(55)67(9,10)62(51,7)8/h11-40H,1-10H3. The highest BCUT2D eigenvalue weighted by Gasteiger charge is 2.48. The molecule has 0 bridgehead atoms. The van der Waals surface area contributed by atoms with Crippen molar-refractivity contribution in [2.75, 3.05) is 0 Å². The first-order valence-electron chi connectivity index (χ1n) is 24.1. The Morgan fingerprint density at radius 3 is 1.68 bits per heavy atom. The van der Waals surface area contributed by atoms with Crippen molar-refractivity contribution >= 4 is 70.1 Å². The quantitative estimate of drug-likeness (QED) is 0.123. The van der Waals surface area contributed by atoms with Gasteiger partial charge in [-0.1, -0.05) is 226 Å². The summed E-state index contributed by atoms with van der Waals surface area (Å²) in [6.07, 6.45) is 0. The molecule has 338 valence electrons. The fourth-order valence-corrected chi connectivity index (χ4v) is 18.9. The number of nitrogens with zero attached hydrogens (tertiary/aromatic N) is 2. The Kier molecular flexibility index (Phi) is 10.1. The summed E-state index contributed by atoms with van der Waals surface area (Å²) in [6, 6.07) is 68.0. The van der Waals surface area contributed by atoms with Crippen molar-refractivity contribution in [3.63, 3.8) is 0 Å². The minimum atomic E-state index is -3.15. The number of para-hydroxylation sites is 5. The number of rotatable bonds is 6. The second-order valence-corrected chi connectivity index (χ2v) is 30.9. The molecule has 0 spiro atoms. The molecule has 10 aromatic rings. The van der Waals surface area contributed by atoms with Gasteiger partial charge in [-0.3, -0.25) is 4.40 Å². The molecule has 0 unspecified atom stereocenters. The van der Waals surface area contributed by atoms with Gasteiger partial charge in [0.05, 0.1) is 19.1 Å². The predicted molar refractivity (Wildman–Crippen MR) is 291 cm³/mol. The van der Waals surface area contributed by atoms with E-state index < -0.39 is 16.1 Å². The van der Waals surface area contributed by atoms with Gasteiger partial charge >= 0.3 is 5.84 Å². The zero-order valence-electron chi connectivity index (χ0n) is 41.0. The molecule has 0 radical (unpaired) electrons. The average Bonchev–Trinajstić information content (AvgIpc) is 3.87. The molecule has 0 N–H and O–H groups in total. The molecular weight excluding hydrogens is 861 g/mol. The summed E-state index contributed by atoms with van der Waals surface area (Å²) in [7, 11) is -5.25. The smallest absolute Gasteiger partial charge is 0.307 e. The van der Waals surface area contributed by atoms with Gasteiger partial charge in [-0.05, 0) is 93.9 Å². The molecule has 0 fully saturated rings. The maximum absolute atomic E-state index is 7.32. The van der Waals surface area contributed by atoms with Crippen LogP contribution in [0.25, 0.3) is 50.2 Å². The van der Waals surface area contributed by atoms with E-state index in [9.17, 15) is 0 Å². The van der Waals surface area contributed by atoms with Crippen LogP contribution < -0.4 is 30.7 Å². The van der Waals surface area contributed by atoms with Crippen molar-refractivity contribution < 1.29 is 9.15 Å². The van der Waals surface area contributed by atoms with Gasteiger partial charge in [-0.2, -0.15) is 4.98 Å². The zero-order valence-corrected chi connectivity index (χ0v) is 43.0. The second-order valence-electron chi connectivity index (χ2n) is 22.0. The molecule has 0 amide bonds. The van der Waals surface area contributed by atoms with Gasteiger partial charge < -0.3 is 9.15 Å². The first kappa shape index (κ1) is 43.8. The Bertz CT molecular complexity index is 3530. The summed E-state index contributed by atoms with van der Waals surface area (Å²) in [5.74, 6) is 2.56. The van der Waals surface area contributed by atoms with Crippen LogP contribution in [0, 0.1) is 0 Å². The summed E-state index contributed by atoms with van der Waals surface area (Å²) in [5.41, 5.74) is 12.0. The molecule has 0 aliphatic carbocycles. The molecule has 11 rings (SSSR count). The van der Waals surface area contributed by atoms with Crippen LogP contribution in [0.3, 0.4) is 0 Å². The largest absolute Gasteiger partial charge is 0.457 e. The highest BCUT2D eigenvalue weighted by Crippen LogP contribution is 2.49. The van der Waals surface area contributed by atoms with Crippen molar-refractivity contribution in [2.24, 2.45) is 0 Å². The van der Waals surface area contributed by atoms with Gasteiger partial charge in [-0.15, -0.1) is 0 Å². The molecule has 0 atom stereocenters. The van der Waals surface area contributed by atoms with Crippen molar-refractivity contribution in [3.05, 3.63) is 199 Å². The summed E-state index contributed by atoms with van der Waals surface area (Å²) in [4.78, 5) is 5.27. The van der Waals surface area contributed by atoms with Gasteiger partial charge in [0.25, 0.3) is 0 Å². The van der Waals surface area contributed by atoms with Crippen molar-refractivity contribution in [1.82, 2.24) is 9.38 Å². The SMILES string of the molecule is CC(C)(C)c1ccc([Si](c2ccccc2)(c2ccccc2)c2ccc(C(C)(C)C)c(-c3cccc4c3nc3oc5ccccc5n34)c2)cc1-c1cccc2c1Oc1ccccc1[Si](C)(C)C2(C)C. The van der Waals surface area contributed by atoms with Crippen LogP contribution in [0.2, 0.25) is 13.1 Å². The molecule has 4 nitrogen and oxygen atoms in total. The number of imidazole rings is 1. The summed E-state index contributed by atoms with van der Waals surface area (Å²) in [6.45, 7) is 23.9. The van der Waals surface area contributed by atoms with Crippen molar-refractivity contribution in [3.8, 4) is 33.8 Å². The maximum Gasteiger partial charge on any atom is 0.307 e. The van der Waals surface area contributed by atoms with E-state index in [1.54, 1.807) is 0 Å². The highest BCUT2D eigenvalue weighted by molar-refractivity contribution is 7.20. The molecular formula is C62H60N2O2Si2. The van der Waals surface area contributed by atoms with E-state index in [0.29, 0.717) is 5.84 Å². The summed E-state index contributed by atoms with van der Waals surface area (Å²) < 4.78 is 15.9. The first-order chi connectivity index (χ1) is 32.5. The van der Waals surface area contributed by atoms with Crippen molar-refractivity contribution in [2.45, 2.75) is 84.4 Å². The zero-order chi connectivity index (χ0) is 47.4. The molecule has 0 saturated carbocycles. The van der Waals surface area contributed by atoms with E-state index in [0.717, 1.165) is 44.8 Å². The lowest BCUT2D eigenvalue weighted by atomic mass is 9.81. The lowest BCUT2D eigenvalue weighted by Crippen LogP contribution is -2.74. The third-order valence-corrected chi connectivity index (χ3v) is 25.4. The van der Waals surface area contributed by atoms with Crippen LogP contribution in [-0.4, -0.2) is 25.5 Å². The summed E-state index contributed by atoms with van der Waals surface area (Å²) >= 11 is 0. The number of benzene rings is 8. The van der Waals surface area contributed by atoms with Crippen LogP contribution in [0.5, 0.6) is 11.5 Å². The van der Waals surface area contributed by atoms with E-state index in [2.05, 4.69) is 243 Å². The van der Waals surface area contributed by atoms with Crippen LogP contribution in [0.1, 0.15) is 72.1 Å². The third kappa shape index (κ3) is 6.62. The van der Waals surface area contributed by atoms with E-state index in [-0.39, 0.29) is 15.9 Å². The number of oxazole rings is 1. The molecule has 68 heavy (non-hydrogen) atoms. The lowest BCUT2D eigenvalue weighted by molar-refractivity contribution is 0.478. The van der Waals surface area contributed by atoms with E-state index in [1.165, 1.54) is 53.8 Å². The van der Waals surface area contributed by atoms with Crippen molar-refractivity contribution in [1.29, 1.82) is 0 Å². The number of hydrogen-bond donors (Lipinski definition) is 0. The molecule has 2 aromatic heterocycles. The molecule has 3 heterocycles. The average molecular weight is 921 g/mol. The Balaban J connectivity index is 1.23. The Morgan fingerprint density at radius 1 is 0.515 bits per heavy atom. The van der Waals surface area contributed by atoms with Crippen LogP contribution in [-0.2, 0) is 15.9 Å². The molecule has 1 aliphatic rings. The van der Waals surface area contributed by atoms with Crippen LogP contribution in [0.4, 0.5) is 0 Å². The lowest BCUT2D eigenvalue weighted by Gasteiger charge is -2.40. The Morgan fingerprint density at radius 2 is 1.04 bits per heavy atom. The number of fused-ring (bicyclic) bond motifs is 7. The molecule has 8 aromatic carbocycles. The van der Waals surface area contributed by atoms with E-state index in [4.69, 9.17) is 14.1 Å². The minimum Gasteiger partial charge on any atom is -0.457 e. The molecule has 6 heteroatoms. The van der Waals surface area contributed by atoms with E-state index in [1.807, 2.05) is 12.1 Å². The molecule has 1 aliphatic heterocycles. The van der Waals surface area contributed by atoms with Crippen LogP contribution >= 0.6 is 0 Å². The van der Waals surface area contributed by atoms with Gasteiger partial charge in [0.1, 0.15) is 17.0 Å². The van der Waals surface area contributed by atoms with Gasteiger partial charge in [-0.25, -0.2) is 0 Å². The number of aromatic nitrogens is 2. The van der Waals surface area contributed by atoms with Gasteiger partial charge in [0, 0.05) is 11.1 Å². The topological polar surface area (TPSA) is 39.7 Å². The normalized spacial score (nSPS) is 14.7. The summed E-state index contributed by atoms with van der Waals surface area (Å²) in [5, 5.41) is 6.52. The number of hydrogen-bond acceptors (Lipinski definition) is 3. The monoisotopic (exact) mass is 920 g/mol. The second kappa shape index (κ2) is 15.7. The van der Waals surface area contributed by atoms with Gasteiger partial charge in [0.2, 0.25) is 0 Å². The fraction of sp³-hybridized carbons (Fsp3) is 0.210. The number of ether oxygens (including phenoxy) is 1. The van der Waals surface area contributed by atoms with Crippen LogP contribution in [0.15, 0.2) is 186 Å². The molecule has 0 saturated heterocycles. The Labute approximate surface area is 403 Å². The minimum absolute atomic E-state index is 0.115. The maximum atomic E-state index is 7.32. The predicted octanol–water partition coefficient (Wildman–Crippen LogP) is 13.1. The van der Waals surface area contributed by atoms with E-state index >= 15 is 0 Å². The third-order valence-electron chi connectivity index (χ3n) is 15.5. The first-order valence-corrected chi connectivity index (χ1v) is 29.1. The van der Waals surface area contributed by atoms with Gasteiger partial charge in [0.15, 0.2) is 13.7 Å².